The van der Waals surface area contributed by atoms with Crippen molar-refractivity contribution in [3.05, 3.63) is 70.4 Å². The van der Waals surface area contributed by atoms with Crippen molar-refractivity contribution in [1.29, 1.82) is 0 Å². The summed E-state index contributed by atoms with van der Waals surface area (Å²) >= 11 is 3.46. The summed E-state index contributed by atoms with van der Waals surface area (Å²) in [5.74, 6) is 0.628. The molecule has 0 fully saturated rings. The van der Waals surface area contributed by atoms with Crippen LogP contribution in [0.4, 0.5) is 0 Å². The van der Waals surface area contributed by atoms with Crippen molar-refractivity contribution in [2.24, 2.45) is 0 Å². The molecule has 0 saturated heterocycles. The zero-order chi connectivity index (χ0) is 13.9. The van der Waals surface area contributed by atoms with Crippen LogP contribution in [0.5, 0.6) is 0 Å². The predicted octanol–water partition coefficient (Wildman–Crippen LogP) is 4.86. The number of hydrogen-bond donors (Lipinski definition) is 1. The van der Waals surface area contributed by atoms with Crippen LogP contribution < -0.4 is 0 Å². The highest BCUT2D eigenvalue weighted by Gasteiger charge is 2.14. The Balaban J connectivity index is 1.75. The highest BCUT2D eigenvalue weighted by molar-refractivity contribution is 9.10. The van der Waals surface area contributed by atoms with Crippen LogP contribution in [0.3, 0.4) is 0 Å². The monoisotopic (exact) mass is 330 g/mol. The molecule has 2 aromatic carbocycles. The Morgan fingerprint density at radius 1 is 1.05 bits per heavy atom. The van der Waals surface area contributed by atoms with Crippen LogP contribution in [0.1, 0.15) is 23.8 Å². The first-order valence-electron chi connectivity index (χ1n) is 6.64. The molecule has 0 aliphatic rings. The van der Waals surface area contributed by atoms with Gasteiger partial charge in [0.1, 0.15) is 17.4 Å². The van der Waals surface area contributed by atoms with Gasteiger partial charge < -0.3 is 9.52 Å². The Hall–Kier alpha value is -1.58. The molecule has 2 nitrogen and oxygen atoms in total. The number of aliphatic hydroxyl groups excluding tert-OH is 1. The minimum atomic E-state index is -0.575. The standard InChI is InChI=1S/C17H15BrO2/c18-14-8-4-7-13-11-16(20-17(13)14)15(19)10-9-12-5-2-1-3-6-12/h1-8,11,15,19H,9-10H2. The minimum absolute atomic E-state index is 0.575. The molecule has 1 atom stereocenters. The molecule has 1 aromatic heterocycles. The van der Waals surface area contributed by atoms with Gasteiger partial charge in [-0.05, 0) is 46.5 Å². The SMILES string of the molecule is OC(CCc1ccccc1)c1cc2cccc(Br)c2o1. The van der Waals surface area contributed by atoms with E-state index in [1.807, 2.05) is 42.5 Å². The highest BCUT2D eigenvalue weighted by Crippen LogP contribution is 2.31. The molecule has 1 N–H and O–H groups in total. The van der Waals surface area contributed by atoms with Gasteiger partial charge in [-0.2, -0.15) is 0 Å². The number of fused-ring (bicyclic) bond motifs is 1. The second kappa shape index (κ2) is 5.81. The third kappa shape index (κ3) is 2.79. The predicted molar refractivity (Wildman–Crippen MR) is 83.6 cm³/mol. The van der Waals surface area contributed by atoms with E-state index in [9.17, 15) is 5.11 Å². The van der Waals surface area contributed by atoms with Gasteiger partial charge in [-0.25, -0.2) is 0 Å². The maximum absolute atomic E-state index is 10.3. The van der Waals surface area contributed by atoms with Crippen LogP contribution in [-0.2, 0) is 6.42 Å². The number of benzene rings is 2. The van der Waals surface area contributed by atoms with Gasteiger partial charge >= 0.3 is 0 Å². The van der Waals surface area contributed by atoms with Crippen LogP contribution in [0.25, 0.3) is 11.0 Å². The second-order valence-corrected chi connectivity index (χ2v) is 5.70. The van der Waals surface area contributed by atoms with Crippen molar-refractivity contribution in [2.45, 2.75) is 18.9 Å². The fourth-order valence-electron chi connectivity index (χ4n) is 2.30. The first-order chi connectivity index (χ1) is 9.74. The second-order valence-electron chi connectivity index (χ2n) is 4.85. The lowest BCUT2D eigenvalue weighted by Crippen LogP contribution is -1.97. The molecular formula is C17H15BrO2. The molecule has 0 spiro atoms. The number of para-hydroxylation sites is 1. The molecule has 0 radical (unpaired) electrons. The molecule has 0 saturated carbocycles. The summed E-state index contributed by atoms with van der Waals surface area (Å²) in [6, 6.07) is 18.0. The summed E-state index contributed by atoms with van der Waals surface area (Å²) in [7, 11) is 0. The van der Waals surface area contributed by atoms with E-state index in [1.165, 1.54) is 5.56 Å². The van der Waals surface area contributed by atoms with Gasteiger partial charge in [0.25, 0.3) is 0 Å². The number of aryl methyl sites for hydroxylation is 1. The summed E-state index contributed by atoms with van der Waals surface area (Å²) in [4.78, 5) is 0. The largest absolute Gasteiger partial charge is 0.457 e. The molecule has 102 valence electrons. The summed E-state index contributed by atoms with van der Waals surface area (Å²) in [5.41, 5.74) is 2.02. The van der Waals surface area contributed by atoms with E-state index in [-0.39, 0.29) is 0 Å². The van der Waals surface area contributed by atoms with Crippen molar-refractivity contribution in [1.82, 2.24) is 0 Å². The number of halogens is 1. The zero-order valence-corrected chi connectivity index (χ0v) is 12.5. The summed E-state index contributed by atoms with van der Waals surface area (Å²) in [6.45, 7) is 0. The summed E-state index contributed by atoms with van der Waals surface area (Å²) in [6.07, 6.45) is 0.913. The van der Waals surface area contributed by atoms with E-state index in [1.54, 1.807) is 0 Å². The van der Waals surface area contributed by atoms with Gasteiger partial charge in [0.15, 0.2) is 0 Å². The van der Waals surface area contributed by atoms with E-state index in [0.29, 0.717) is 12.2 Å². The molecule has 3 heteroatoms. The van der Waals surface area contributed by atoms with Crippen molar-refractivity contribution in [2.75, 3.05) is 0 Å². The maximum atomic E-state index is 10.3. The number of furan rings is 1. The minimum Gasteiger partial charge on any atom is -0.457 e. The molecular weight excluding hydrogens is 316 g/mol. The van der Waals surface area contributed by atoms with Crippen LogP contribution in [-0.4, -0.2) is 5.11 Å². The Bertz CT molecular complexity index is 703. The van der Waals surface area contributed by atoms with E-state index in [2.05, 4.69) is 28.1 Å². The summed E-state index contributed by atoms with van der Waals surface area (Å²) in [5, 5.41) is 11.3. The number of hydrogen-bond acceptors (Lipinski definition) is 2. The Kier molecular flexibility index (Phi) is 3.90. The van der Waals surface area contributed by atoms with Gasteiger partial charge in [0.05, 0.1) is 4.47 Å². The average Bonchev–Trinajstić information content (AvgIpc) is 2.91. The normalized spacial score (nSPS) is 12.7. The zero-order valence-electron chi connectivity index (χ0n) is 10.9. The Morgan fingerprint density at radius 2 is 1.85 bits per heavy atom. The molecule has 3 aromatic rings. The van der Waals surface area contributed by atoms with Crippen molar-refractivity contribution in [3.8, 4) is 0 Å². The molecule has 1 unspecified atom stereocenters. The summed E-state index contributed by atoms with van der Waals surface area (Å²) < 4.78 is 6.67. The van der Waals surface area contributed by atoms with Gasteiger partial charge in [-0.1, -0.05) is 42.5 Å². The first-order valence-corrected chi connectivity index (χ1v) is 7.43. The first kappa shape index (κ1) is 13.4. The molecule has 3 rings (SSSR count). The molecule has 0 aliphatic carbocycles. The molecule has 0 bridgehead atoms. The van der Waals surface area contributed by atoms with Gasteiger partial charge in [-0.15, -0.1) is 0 Å². The fourth-order valence-corrected chi connectivity index (χ4v) is 2.76. The molecule has 1 heterocycles. The lowest BCUT2D eigenvalue weighted by Gasteiger charge is -2.07. The maximum Gasteiger partial charge on any atom is 0.148 e. The van der Waals surface area contributed by atoms with Crippen molar-refractivity contribution in [3.63, 3.8) is 0 Å². The van der Waals surface area contributed by atoms with Gasteiger partial charge in [0.2, 0.25) is 0 Å². The average molecular weight is 331 g/mol. The van der Waals surface area contributed by atoms with Crippen molar-refractivity contribution < 1.29 is 9.52 Å². The van der Waals surface area contributed by atoms with Crippen LogP contribution >= 0.6 is 15.9 Å². The third-order valence-corrected chi connectivity index (χ3v) is 4.02. The van der Waals surface area contributed by atoms with Crippen LogP contribution in [0.15, 0.2) is 63.5 Å². The number of rotatable bonds is 4. The molecule has 20 heavy (non-hydrogen) atoms. The van der Waals surface area contributed by atoms with E-state index in [4.69, 9.17) is 4.42 Å². The van der Waals surface area contributed by atoms with E-state index in [0.717, 1.165) is 21.9 Å². The van der Waals surface area contributed by atoms with Crippen LogP contribution in [0, 0.1) is 0 Å². The van der Waals surface area contributed by atoms with Gasteiger partial charge in [-0.3, -0.25) is 0 Å². The highest BCUT2D eigenvalue weighted by atomic mass is 79.9. The molecule has 0 amide bonds. The van der Waals surface area contributed by atoms with E-state index >= 15 is 0 Å². The smallest absolute Gasteiger partial charge is 0.148 e. The topological polar surface area (TPSA) is 33.4 Å². The Labute approximate surface area is 126 Å². The Morgan fingerprint density at radius 3 is 2.60 bits per heavy atom. The lowest BCUT2D eigenvalue weighted by atomic mass is 10.1. The fraction of sp³-hybridized carbons (Fsp3) is 0.176. The molecule has 0 aliphatic heterocycles. The van der Waals surface area contributed by atoms with Crippen molar-refractivity contribution >= 4 is 26.9 Å². The number of aliphatic hydroxyl groups is 1. The third-order valence-electron chi connectivity index (χ3n) is 3.39. The lowest BCUT2D eigenvalue weighted by molar-refractivity contribution is 0.143. The quantitative estimate of drug-likeness (QED) is 0.740. The van der Waals surface area contributed by atoms with Gasteiger partial charge in [0, 0.05) is 5.39 Å². The van der Waals surface area contributed by atoms with Crippen LogP contribution in [0.2, 0.25) is 0 Å². The van der Waals surface area contributed by atoms with E-state index < -0.39 is 6.10 Å².